The number of hydrogen-bond donors (Lipinski definition) is 3. The highest BCUT2D eigenvalue weighted by molar-refractivity contribution is 5.81. The fourth-order valence-corrected chi connectivity index (χ4v) is 3.63. The van der Waals surface area contributed by atoms with Crippen LogP contribution in [0.5, 0.6) is 0 Å². The Bertz CT molecular complexity index is 501. The average molecular weight is 353 g/mol. The molecule has 1 aliphatic heterocycles. The number of carboxylic acids is 1. The summed E-state index contributed by atoms with van der Waals surface area (Å²) >= 11 is 0. The molecule has 2 aliphatic rings. The van der Waals surface area contributed by atoms with Crippen LogP contribution in [0.25, 0.3) is 0 Å². The van der Waals surface area contributed by atoms with Crippen LogP contribution in [0.3, 0.4) is 0 Å². The molecule has 0 aromatic rings. The molecule has 25 heavy (non-hydrogen) atoms. The van der Waals surface area contributed by atoms with Crippen molar-refractivity contribution in [1.82, 2.24) is 15.5 Å². The molecule has 142 valence electrons. The van der Waals surface area contributed by atoms with Crippen molar-refractivity contribution in [2.75, 3.05) is 13.1 Å². The molecule has 7 nitrogen and oxygen atoms in total. The van der Waals surface area contributed by atoms with Gasteiger partial charge >= 0.3 is 12.0 Å². The van der Waals surface area contributed by atoms with E-state index in [0.717, 1.165) is 25.7 Å². The van der Waals surface area contributed by atoms with Crippen LogP contribution in [0.4, 0.5) is 4.79 Å². The van der Waals surface area contributed by atoms with Crippen molar-refractivity contribution < 1.29 is 19.5 Å². The molecule has 1 saturated carbocycles. The number of nitrogens with one attached hydrogen (secondary N) is 2. The molecule has 0 aromatic heterocycles. The number of rotatable bonds is 6. The van der Waals surface area contributed by atoms with E-state index < -0.39 is 11.5 Å². The van der Waals surface area contributed by atoms with Crippen molar-refractivity contribution in [3.05, 3.63) is 0 Å². The minimum absolute atomic E-state index is 0.0217. The molecule has 2 fully saturated rings. The Kier molecular flexibility index (Phi) is 6.67. The lowest BCUT2D eigenvalue weighted by Crippen LogP contribution is -2.53. The van der Waals surface area contributed by atoms with Gasteiger partial charge in [0.1, 0.15) is 0 Å². The number of carboxylic acid groups (broad SMARTS) is 1. The second-order valence-electron chi connectivity index (χ2n) is 7.98. The standard InChI is InChI=1S/C18H31N3O4/c1-18(2,10-9-15(22)23)20-16(24)13-6-5-11-21(12-13)17(25)19-14-7-3-4-8-14/h13-14H,3-12H2,1-2H3,(H,19,25)(H,20,24)(H,22,23). The zero-order valence-electron chi connectivity index (χ0n) is 15.3. The van der Waals surface area contributed by atoms with Gasteiger partial charge < -0.3 is 20.6 Å². The third kappa shape index (κ3) is 6.21. The summed E-state index contributed by atoms with van der Waals surface area (Å²) in [5.74, 6) is -1.18. The first-order valence-corrected chi connectivity index (χ1v) is 9.36. The maximum Gasteiger partial charge on any atom is 0.317 e. The molecule has 0 bridgehead atoms. The fourth-order valence-electron chi connectivity index (χ4n) is 3.63. The largest absolute Gasteiger partial charge is 0.481 e. The van der Waals surface area contributed by atoms with E-state index in [-0.39, 0.29) is 30.3 Å². The first-order chi connectivity index (χ1) is 11.8. The van der Waals surface area contributed by atoms with Crippen LogP contribution in [-0.4, -0.2) is 52.6 Å². The summed E-state index contributed by atoms with van der Waals surface area (Å²) < 4.78 is 0. The van der Waals surface area contributed by atoms with E-state index in [1.807, 2.05) is 13.8 Å². The van der Waals surface area contributed by atoms with Crippen LogP contribution in [0.15, 0.2) is 0 Å². The van der Waals surface area contributed by atoms with Crippen LogP contribution in [0, 0.1) is 5.92 Å². The van der Waals surface area contributed by atoms with Gasteiger partial charge in [-0.05, 0) is 46.0 Å². The number of carbonyl (C=O) groups excluding carboxylic acids is 2. The molecule has 0 aromatic carbocycles. The Hall–Kier alpha value is -1.79. The Balaban J connectivity index is 1.83. The molecule has 3 amide bonds. The van der Waals surface area contributed by atoms with Gasteiger partial charge in [-0.3, -0.25) is 9.59 Å². The normalized spacial score (nSPS) is 21.8. The maximum absolute atomic E-state index is 12.6. The molecule has 0 radical (unpaired) electrons. The number of nitrogens with zero attached hydrogens (tertiary/aromatic N) is 1. The van der Waals surface area contributed by atoms with E-state index in [1.165, 1.54) is 12.8 Å². The summed E-state index contributed by atoms with van der Waals surface area (Å²) in [5.41, 5.74) is -0.566. The smallest absolute Gasteiger partial charge is 0.317 e. The Morgan fingerprint density at radius 3 is 2.44 bits per heavy atom. The lowest BCUT2D eigenvalue weighted by Gasteiger charge is -2.35. The molecular formula is C18H31N3O4. The summed E-state index contributed by atoms with van der Waals surface area (Å²) in [5, 5.41) is 14.8. The van der Waals surface area contributed by atoms with Gasteiger partial charge in [-0.25, -0.2) is 4.79 Å². The SMILES string of the molecule is CC(C)(CCC(=O)O)NC(=O)C1CCCN(C(=O)NC2CCCC2)C1. The van der Waals surface area contributed by atoms with Gasteiger partial charge in [-0.15, -0.1) is 0 Å². The van der Waals surface area contributed by atoms with Gasteiger partial charge in [0.05, 0.1) is 5.92 Å². The van der Waals surface area contributed by atoms with Crippen molar-refractivity contribution in [1.29, 1.82) is 0 Å². The molecule has 1 saturated heterocycles. The second kappa shape index (κ2) is 8.54. The van der Waals surface area contributed by atoms with Crippen molar-refractivity contribution in [3.63, 3.8) is 0 Å². The molecular weight excluding hydrogens is 322 g/mol. The minimum atomic E-state index is -0.866. The Morgan fingerprint density at radius 1 is 1.12 bits per heavy atom. The number of aliphatic carboxylic acids is 1. The topological polar surface area (TPSA) is 98.7 Å². The Morgan fingerprint density at radius 2 is 1.80 bits per heavy atom. The summed E-state index contributed by atoms with van der Waals surface area (Å²) in [4.78, 5) is 37.4. The summed E-state index contributed by atoms with van der Waals surface area (Å²) in [7, 11) is 0. The third-order valence-corrected chi connectivity index (χ3v) is 5.19. The number of piperidine rings is 1. The fraction of sp³-hybridized carbons (Fsp3) is 0.833. The monoisotopic (exact) mass is 353 g/mol. The predicted molar refractivity (Wildman–Crippen MR) is 94.2 cm³/mol. The van der Waals surface area contributed by atoms with E-state index in [2.05, 4.69) is 10.6 Å². The van der Waals surface area contributed by atoms with Gasteiger partial charge in [0.2, 0.25) is 5.91 Å². The van der Waals surface area contributed by atoms with Gasteiger partial charge in [-0.2, -0.15) is 0 Å². The maximum atomic E-state index is 12.6. The number of amides is 3. The second-order valence-corrected chi connectivity index (χ2v) is 7.98. The van der Waals surface area contributed by atoms with E-state index in [4.69, 9.17) is 5.11 Å². The summed E-state index contributed by atoms with van der Waals surface area (Å²) in [6.07, 6.45) is 6.39. The molecule has 3 N–H and O–H groups in total. The first kappa shape index (κ1) is 19.5. The zero-order valence-corrected chi connectivity index (χ0v) is 15.3. The van der Waals surface area contributed by atoms with E-state index in [9.17, 15) is 14.4 Å². The van der Waals surface area contributed by atoms with Crippen molar-refractivity contribution in [2.24, 2.45) is 5.92 Å². The van der Waals surface area contributed by atoms with Crippen LogP contribution in [0.2, 0.25) is 0 Å². The summed E-state index contributed by atoms with van der Waals surface area (Å²) in [6, 6.07) is 0.214. The van der Waals surface area contributed by atoms with Gasteiger partial charge in [-0.1, -0.05) is 12.8 Å². The highest BCUT2D eigenvalue weighted by atomic mass is 16.4. The van der Waals surface area contributed by atoms with Gasteiger partial charge in [0, 0.05) is 31.1 Å². The van der Waals surface area contributed by atoms with Crippen LogP contribution >= 0.6 is 0 Å². The molecule has 2 rings (SSSR count). The third-order valence-electron chi connectivity index (χ3n) is 5.19. The highest BCUT2D eigenvalue weighted by Crippen LogP contribution is 2.21. The lowest BCUT2D eigenvalue weighted by molar-refractivity contribution is -0.138. The number of urea groups is 1. The average Bonchev–Trinajstić information content (AvgIpc) is 3.06. The van der Waals surface area contributed by atoms with Crippen LogP contribution in [-0.2, 0) is 9.59 Å². The van der Waals surface area contributed by atoms with E-state index in [0.29, 0.717) is 19.5 Å². The zero-order chi connectivity index (χ0) is 18.4. The highest BCUT2D eigenvalue weighted by Gasteiger charge is 2.32. The van der Waals surface area contributed by atoms with Crippen LogP contribution in [0.1, 0.15) is 65.2 Å². The van der Waals surface area contributed by atoms with Crippen LogP contribution < -0.4 is 10.6 Å². The molecule has 0 spiro atoms. The van der Waals surface area contributed by atoms with Gasteiger partial charge in [0.25, 0.3) is 0 Å². The van der Waals surface area contributed by atoms with Crippen molar-refractivity contribution in [2.45, 2.75) is 76.8 Å². The summed E-state index contributed by atoms with van der Waals surface area (Å²) in [6.45, 7) is 4.78. The Labute approximate surface area is 149 Å². The molecule has 1 unspecified atom stereocenters. The molecule has 1 aliphatic carbocycles. The van der Waals surface area contributed by atoms with Crippen molar-refractivity contribution in [3.8, 4) is 0 Å². The van der Waals surface area contributed by atoms with E-state index >= 15 is 0 Å². The van der Waals surface area contributed by atoms with Gasteiger partial charge in [0.15, 0.2) is 0 Å². The molecule has 1 atom stereocenters. The number of likely N-dealkylation sites (tertiary alicyclic amines) is 1. The lowest BCUT2D eigenvalue weighted by atomic mass is 9.93. The minimum Gasteiger partial charge on any atom is -0.481 e. The quantitative estimate of drug-likeness (QED) is 0.681. The first-order valence-electron chi connectivity index (χ1n) is 9.36. The van der Waals surface area contributed by atoms with E-state index in [1.54, 1.807) is 4.90 Å². The number of carbonyl (C=O) groups is 3. The number of hydrogen-bond acceptors (Lipinski definition) is 3. The predicted octanol–water partition coefficient (Wildman–Crippen LogP) is 2.11. The molecule has 1 heterocycles. The molecule has 7 heteroatoms. The van der Waals surface area contributed by atoms with Crippen molar-refractivity contribution >= 4 is 17.9 Å².